The summed E-state index contributed by atoms with van der Waals surface area (Å²) < 4.78 is 1.48. The van der Waals surface area contributed by atoms with E-state index >= 15 is 0 Å². The van der Waals surface area contributed by atoms with Gasteiger partial charge in [0.1, 0.15) is 17.5 Å². The average molecular weight is 261 g/mol. The normalized spacial score (nSPS) is 10.6. The summed E-state index contributed by atoms with van der Waals surface area (Å²) in [6, 6.07) is 7.73. The van der Waals surface area contributed by atoms with Gasteiger partial charge in [0.15, 0.2) is 0 Å². The Morgan fingerprint density at radius 2 is 2.17 bits per heavy atom. The van der Waals surface area contributed by atoms with Gasteiger partial charge in [0, 0.05) is 0 Å². The minimum atomic E-state index is 0.302. The molecule has 5 heteroatoms. The molecule has 0 fully saturated rings. The second-order valence-corrected chi connectivity index (χ2v) is 4.74. The first-order chi connectivity index (χ1) is 8.54. The quantitative estimate of drug-likeness (QED) is 0.902. The molecule has 0 spiro atoms. The molecule has 0 unspecified atom stereocenters. The van der Waals surface area contributed by atoms with Gasteiger partial charge in [0.05, 0.1) is 16.9 Å². The zero-order chi connectivity index (χ0) is 13.3. The van der Waals surface area contributed by atoms with Crippen LogP contribution in [-0.4, -0.2) is 9.78 Å². The fourth-order valence-corrected chi connectivity index (χ4v) is 1.96. The third kappa shape index (κ3) is 2.05. The van der Waals surface area contributed by atoms with Crippen LogP contribution in [0.3, 0.4) is 0 Å². The maximum absolute atomic E-state index is 8.85. The van der Waals surface area contributed by atoms with E-state index in [9.17, 15) is 0 Å². The molecule has 0 aliphatic rings. The lowest BCUT2D eigenvalue weighted by atomic mass is 10.0. The van der Waals surface area contributed by atoms with Crippen molar-refractivity contribution in [3.63, 3.8) is 0 Å². The topological polar surface area (TPSA) is 67.6 Å². The number of rotatable bonds is 2. The Kier molecular flexibility index (Phi) is 3.26. The van der Waals surface area contributed by atoms with Crippen molar-refractivity contribution in [2.24, 2.45) is 0 Å². The van der Waals surface area contributed by atoms with Crippen LogP contribution in [0.2, 0.25) is 5.02 Å². The highest BCUT2D eigenvalue weighted by atomic mass is 35.5. The van der Waals surface area contributed by atoms with E-state index in [0.29, 0.717) is 28.0 Å². The summed E-state index contributed by atoms with van der Waals surface area (Å²) in [5.41, 5.74) is 8.01. The van der Waals surface area contributed by atoms with Gasteiger partial charge in [-0.25, -0.2) is 4.68 Å². The maximum atomic E-state index is 8.85. The van der Waals surface area contributed by atoms with Crippen LogP contribution in [0, 0.1) is 11.3 Å². The van der Waals surface area contributed by atoms with E-state index in [-0.39, 0.29) is 0 Å². The average Bonchev–Trinajstić information content (AvgIpc) is 2.70. The minimum absolute atomic E-state index is 0.302. The highest BCUT2D eigenvalue weighted by Crippen LogP contribution is 2.27. The van der Waals surface area contributed by atoms with Gasteiger partial charge in [-0.3, -0.25) is 0 Å². The first-order valence-corrected chi connectivity index (χ1v) is 5.95. The number of nitrogen functional groups attached to an aromatic ring is 1. The van der Waals surface area contributed by atoms with E-state index in [1.807, 2.05) is 24.3 Å². The van der Waals surface area contributed by atoms with Gasteiger partial charge in [-0.05, 0) is 23.6 Å². The lowest BCUT2D eigenvalue weighted by Gasteiger charge is -2.10. The van der Waals surface area contributed by atoms with Crippen molar-refractivity contribution in [1.82, 2.24) is 9.78 Å². The predicted molar refractivity (Wildman–Crippen MR) is 71.8 cm³/mol. The number of nitriles is 1. The Labute approximate surface area is 111 Å². The zero-order valence-electron chi connectivity index (χ0n) is 10.2. The summed E-state index contributed by atoms with van der Waals surface area (Å²) in [6.07, 6.45) is 1.43. The van der Waals surface area contributed by atoms with Gasteiger partial charge in [0.2, 0.25) is 0 Å². The number of nitrogens with zero attached hydrogens (tertiary/aromatic N) is 3. The van der Waals surface area contributed by atoms with Gasteiger partial charge in [-0.15, -0.1) is 0 Å². The summed E-state index contributed by atoms with van der Waals surface area (Å²) >= 11 is 6.23. The predicted octanol–water partition coefficient (Wildman–Crippen LogP) is 3.10. The smallest absolute Gasteiger partial charge is 0.145 e. The molecule has 2 rings (SSSR count). The van der Waals surface area contributed by atoms with Crippen LogP contribution in [0.1, 0.15) is 30.9 Å². The van der Waals surface area contributed by atoms with E-state index < -0.39 is 0 Å². The third-order valence-corrected chi connectivity index (χ3v) is 3.10. The summed E-state index contributed by atoms with van der Waals surface area (Å²) in [6.45, 7) is 4.20. The molecule has 0 amide bonds. The standard InChI is InChI=1S/C13H13ClN4/c1-8(2)9-3-4-12(11(14)5-9)18-13(16)10(6-15)7-17-18/h3-5,7-8H,16H2,1-2H3. The SMILES string of the molecule is CC(C)c1ccc(-n2ncc(C#N)c2N)c(Cl)c1. The van der Waals surface area contributed by atoms with Crippen molar-refractivity contribution >= 4 is 17.4 Å². The molecule has 0 radical (unpaired) electrons. The van der Waals surface area contributed by atoms with Crippen molar-refractivity contribution < 1.29 is 0 Å². The second kappa shape index (κ2) is 4.71. The molecule has 1 aromatic carbocycles. The van der Waals surface area contributed by atoms with Gasteiger partial charge in [-0.1, -0.05) is 31.5 Å². The minimum Gasteiger partial charge on any atom is -0.382 e. The molecule has 0 bridgehead atoms. The van der Waals surface area contributed by atoms with Gasteiger partial charge in [-0.2, -0.15) is 10.4 Å². The van der Waals surface area contributed by atoms with Gasteiger partial charge in [0.25, 0.3) is 0 Å². The number of hydrogen-bond donors (Lipinski definition) is 1. The lowest BCUT2D eigenvalue weighted by Crippen LogP contribution is -2.03. The van der Waals surface area contributed by atoms with Crippen LogP contribution in [0.15, 0.2) is 24.4 Å². The van der Waals surface area contributed by atoms with Gasteiger partial charge >= 0.3 is 0 Å². The van der Waals surface area contributed by atoms with E-state index in [1.165, 1.54) is 10.9 Å². The molecular formula is C13H13ClN4. The molecule has 18 heavy (non-hydrogen) atoms. The monoisotopic (exact) mass is 260 g/mol. The molecule has 0 saturated carbocycles. The van der Waals surface area contributed by atoms with Crippen LogP contribution in [0.5, 0.6) is 0 Å². The Hall–Kier alpha value is -1.99. The molecule has 0 aliphatic heterocycles. The number of benzene rings is 1. The summed E-state index contributed by atoms with van der Waals surface area (Å²) in [7, 11) is 0. The molecule has 0 saturated heterocycles. The van der Waals surface area contributed by atoms with Crippen molar-refractivity contribution in [3.05, 3.63) is 40.5 Å². The number of nitrogens with two attached hydrogens (primary N) is 1. The lowest BCUT2D eigenvalue weighted by molar-refractivity contribution is 0.857. The highest BCUT2D eigenvalue weighted by Gasteiger charge is 2.12. The number of hydrogen-bond acceptors (Lipinski definition) is 3. The largest absolute Gasteiger partial charge is 0.382 e. The summed E-state index contributed by atoms with van der Waals surface area (Å²) in [5, 5.41) is 13.5. The Bertz CT molecular complexity index is 622. The number of aromatic nitrogens is 2. The van der Waals surface area contributed by atoms with Crippen LogP contribution in [0.4, 0.5) is 5.82 Å². The van der Waals surface area contributed by atoms with Crippen molar-refractivity contribution in [2.75, 3.05) is 5.73 Å². The molecule has 4 nitrogen and oxygen atoms in total. The second-order valence-electron chi connectivity index (χ2n) is 4.33. The summed E-state index contributed by atoms with van der Waals surface area (Å²) in [4.78, 5) is 0. The van der Waals surface area contributed by atoms with E-state index in [2.05, 4.69) is 18.9 Å². The fraction of sp³-hybridized carbons (Fsp3) is 0.231. The fourth-order valence-electron chi connectivity index (χ4n) is 1.69. The van der Waals surface area contributed by atoms with Crippen LogP contribution < -0.4 is 5.73 Å². The van der Waals surface area contributed by atoms with Crippen LogP contribution in [0.25, 0.3) is 5.69 Å². The Morgan fingerprint density at radius 1 is 1.44 bits per heavy atom. The van der Waals surface area contributed by atoms with Crippen LogP contribution >= 0.6 is 11.6 Å². The highest BCUT2D eigenvalue weighted by molar-refractivity contribution is 6.32. The molecule has 1 heterocycles. The van der Waals surface area contributed by atoms with Crippen molar-refractivity contribution in [2.45, 2.75) is 19.8 Å². The molecular weight excluding hydrogens is 248 g/mol. The Morgan fingerprint density at radius 3 is 2.67 bits per heavy atom. The molecule has 2 aromatic rings. The Balaban J connectivity index is 2.52. The van der Waals surface area contributed by atoms with Crippen LogP contribution in [-0.2, 0) is 0 Å². The summed E-state index contributed by atoms with van der Waals surface area (Å²) in [5.74, 6) is 0.706. The first kappa shape index (κ1) is 12.5. The van der Waals surface area contributed by atoms with Gasteiger partial charge < -0.3 is 5.73 Å². The van der Waals surface area contributed by atoms with Crippen molar-refractivity contribution in [1.29, 1.82) is 5.26 Å². The molecule has 0 aliphatic carbocycles. The molecule has 92 valence electrons. The zero-order valence-corrected chi connectivity index (χ0v) is 10.9. The third-order valence-electron chi connectivity index (χ3n) is 2.79. The maximum Gasteiger partial charge on any atom is 0.145 e. The first-order valence-electron chi connectivity index (χ1n) is 5.58. The molecule has 1 aromatic heterocycles. The van der Waals surface area contributed by atoms with Crippen molar-refractivity contribution in [3.8, 4) is 11.8 Å². The van der Waals surface area contributed by atoms with E-state index in [4.69, 9.17) is 22.6 Å². The molecule has 0 atom stereocenters. The van der Waals surface area contributed by atoms with E-state index in [0.717, 1.165) is 5.56 Å². The number of anilines is 1. The van der Waals surface area contributed by atoms with E-state index in [1.54, 1.807) is 0 Å². The number of halogens is 1. The molecule has 2 N–H and O–H groups in total.